The molecule has 2 aromatic rings. The molecular formula is C17H20N2O2S. The summed E-state index contributed by atoms with van der Waals surface area (Å²) in [6, 6.07) is 10.2. The summed E-state index contributed by atoms with van der Waals surface area (Å²) >= 11 is 1.53. The number of rotatable bonds is 3. The minimum Gasteiger partial charge on any atom is -0.378 e. The fourth-order valence-corrected chi connectivity index (χ4v) is 3.66. The molecule has 1 amide bonds. The molecule has 1 aromatic heterocycles. The van der Waals surface area contributed by atoms with Crippen molar-refractivity contribution in [2.45, 2.75) is 24.1 Å². The number of ether oxygens (including phenoxy) is 1. The van der Waals surface area contributed by atoms with Gasteiger partial charge in [-0.05, 0) is 31.5 Å². The van der Waals surface area contributed by atoms with E-state index in [9.17, 15) is 4.79 Å². The molecule has 0 N–H and O–H groups in total. The van der Waals surface area contributed by atoms with Crippen LogP contribution in [0, 0.1) is 6.92 Å². The van der Waals surface area contributed by atoms with E-state index in [1.807, 2.05) is 30.0 Å². The minimum atomic E-state index is -0.133. The molecule has 0 bridgehead atoms. The van der Waals surface area contributed by atoms with Crippen molar-refractivity contribution in [1.29, 1.82) is 0 Å². The molecule has 1 aromatic carbocycles. The maximum Gasteiger partial charge on any atom is 0.235 e. The van der Waals surface area contributed by atoms with Gasteiger partial charge in [0.05, 0.1) is 29.0 Å². The van der Waals surface area contributed by atoms with Gasteiger partial charge < -0.3 is 9.64 Å². The number of aromatic nitrogens is 1. The third-order valence-electron chi connectivity index (χ3n) is 3.87. The van der Waals surface area contributed by atoms with E-state index in [4.69, 9.17) is 4.74 Å². The highest BCUT2D eigenvalue weighted by Crippen LogP contribution is 2.27. The first-order chi connectivity index (χ1) is 10.6. The Balaban J connectivity index is 1.76. The Morgan fingerprint density at radius 1 is 1.32 bits per heavy atom. The molecule has 1 aliphatic rings. The summed E-state index contributed by atoms with van der Waals surface area (Å²) < 4.78 is 5.30. The van der Waals surface area contributed by atoms with Gasteiger partial charge in [0, 0.05) is 18.5 Å². The van der Waals surface area contributed by atoms with Crippen LogP contribution in [0.4, 0.5) is 0 Å². The molecule has 1 aliphatic heterocycles. The van der Waals surface area contributed by atoms with Crippen molar-refractivity contribution < 1.29 is 9.53 Å². The Morgan fingerprint density at radius 3 is 2.82 bits per heavy atom. The van der Waals surface area contributed by atoms with Crippen LogP contribution in [0.3, 0.4) is 0 Å². The number of nitrogens with zero attached hydrogens (tertiary/aromatic N) is 2. The number of para-hydroxylation sites is 1. The fraction of sp³-hybridized carbons (Fsp3) is 0.412. The molecular weight excluding hydrogens is 296 g/mol. The Hall–Kier alpha value is -1.59. The highest BCUT2D eigenvalue weighted by Gasteiger charge is 2.23. The minimum absolute atomic E-state index is 0.133. The number of carbonyl (C=O) groups excluding carboxylic acids is 1. The van der Waals surface area contributed by atoms with E-state index >= 15 is 0 Å². The lowest BCUT2D eigenvalue weighted by atomic mass is 10.1. The number of thioether (sulfide) groups is 1. The molecule has 0 unspecified atom stereocenters. The highest BCUT2D eigenvalue weighted by atomic mass is 32.2. The molecule has 5 heteroatoms. The molecule has 4 nitrogen and oxygen atoms in total. The largest absolute Gasteiger partial charge is 0.378 e. The van der Waals surface area contributed by atoms with Crippen molar-refractivity contribution in [2.75, 3.05) is 26.3 Å². The van der Waals surface area contributed by atoms with E-state index in [2.05, 4.69) is 24.0 Å². The fourth-order valence-electron chi connectivity index (χ4n) is 2.65. The van der Waals surface area contributed by atoms with Crippen LogP contribution in [0.25, 0.3) is 10.9 Å². The molecule has 2 heterocycles. The van der Waals surface area contributed by atoms with E-state index in [0.717, 1.165) is 10.5 Å². The summed E-state index contributed by atoms with van der Waals surface area (Å²) in [5, 5.41) is 1.94. The SMILES string of the molecule is Cc1cc(S[C@@H](C)C(=O)N2CCOCC2)nc2ccccc12. The number of benzene rings is 1. The normalized spacial score (nSPS) is 16.7. The molecule has 0 radical (unpaired) electrons. The van der Waals surface area contributed by atoms with Crippen molar-refractivity contribution in [3.63, 3.8) is 0 Å². The first kappa shape index (κ1) is 15.3. The summed E-state index contributed by atoms with van der Waals surface area (Å²) in [6.45, 7) is 6.69. The standard InChI is InChI=1S/C17H20N2O2S/c1-12-11-16(18-15-6-4-3-5-14(12)15)22-13(2)17(20)19-7-9-21-10-8-19/h3-6,11,13H,7-10H2,1-2H3/t13-/m0/s1. The molecule has 1 fully saturated rings. The zero-order valence-electron chi connectivity index (χ0n) is 12.9. The maximum atomic E-state index is 12.5. The Morgan fingerprint density at radius 2 is 2.05 bits per heavy atom. The van der Waals surface area contributed by atoms with Crippen LogP contribution in [0.1, 0.15) is 12.5 Å². The Bertz CT molecular complexity index is 683. The molecule has 3 rings (SSSR count). The number of carbonyl (C=O) groups is 1. The zero-order chi connectivity index (χ0) is 15.5. The second-order valence-corrected chi connectivity index (χ2v) is 6.85. The van der Waals surface area contributed by atoms with Gasteiger partial charge in [-0.25, -0.2) is 4.98 Å². The van der Waals surface area contributed by atoms with Crippen LogP contribution in [0.5, 0.6) is 0 Å². The van der Waals surface area contributed by atoms with Crippen molar-refractivity contribution in [2.24, 2.45) is 0 Å². The summed E-state index contributed by atoms with van der Waals surface area (Å²) in [5.41, 5.74) is 2.18. The Labute approximate surface area is 134 Å². The van der Waals surface area contributed by atoms with Crippen LogP contribution < -0.4 is 0 Å². The topological polar surface area (TPSA) is 42.4 Å². The average Bonchev–Trinajstić information content (AvgIpc) is 2.55. The van der Waals surface area contributed by atoms with Gasteiger partial charge in [0.2, 0.25) is 5.91 Å². The van der Waals surface area contributed by atoms with Crippen LogP contribution >= 0.6 is 11.8 Å². The van der Waals surface area contributed by atoms with Crippen LogP contribution in [-0.4, -0.2) is 47.3 Å². The number of fused-ring (bicyclic) bond motifs is 1. The lowest BCUT2D eigenvalue weighted by Gasteiger charge is -2.29. The van der Waals surface area contributed by atoms with E-state index in [1.165, 1.54) is 22.7 Å². The van der Waals surface area contributed by atoms with Gasteiger partial charge in [0.1, 0.15) is 0 Å². The zero-order valence-corrected chi connectivity index (χ0v) is 13.7. The average molecular weight is 316 g/mol. The second-order valence-electron chi connectivity index (χ2n) is 5.49. The van der Waals surface area contributed by atoms with Gasteiger partial charge in [-0.3, -0.25) is 4.79 Å². The highest BCUT2D eigenvalue weighted by molar-refractivity contribution is 8.00. The molecule has 0 saturated carbocycles. The summed E-state index contributed by atoms with van der Waals surface area (Å²) in [4.78, 5) is 19.0. The van der Waals surface area contributed by atoms with Gasteiger partial charge in [-0.1, -0.05) is 30.0 Å². The predicted octanol–water partition coefficient (Wildman–Crippen LogP) is 2.88. The smallest absolute Gasteiger partial charge is 0.235 e. The summed E-state index contributed by atoms with van der Waals surface area (Å²) in [5.74, 6) is 0.168. The van der Waals surface area contributed by atoms with E-state index in [1.54, 1.807) is 0 Å². The molecule has 0 aliphatic carbocycles. The third kappa shape index (κ3) is 3.25. The molecule has 22 heavy (non-hydrogen) atoms. The monoisotopic (exact) mass is 316 g/mol. The van der Waals surface area contributed by atoms with Gasteiger partial charge in [-0.15, -0.1) is 0 Å². The summed E-state index contributed by atoms with van der Waals surface area (Å²) in [6.07, 6.45) is 0. The van der Waals surface area contributed by atoms with Crippen LogP contribution in [0.15, 0.2) is 35.4 Å². The second kappa shape index (κ2) is 6.67. The number of hydrogen-bond acceptors (Lipinski definition) is 4. The van der Waals surface area contributed by atoms with Gasteiger partial charge in [0.15, 0.2) is 0 Å². The van der Waals surface area contributed by atoms with Crippen LogP contribution in [-0.2, 0) is 9.53 Å². The number of amides is 1. The van der Waals surface area contributed by atoms with Crippen molar-refractivity contribution >= 4 is 28.6 Å². The molecule has 116 valence electrons. The molecule has 1 saturated heterocycles. The lowest BCUT2D eigenvalue weighted by Crippen LogP contribution is -2.44. The maximum absolute atomic E-state index is 12.5. The number of hydrogen-bond donors (Lipinski definition) is 0. The first-order valence-corrected chi connectivity index (χ1v) is 8.42. The third-order valence-corrected chi connectivity index (χ3v) is 4.87. The summed E-state index contributed by atoms with van der Waals surface area (Å²) in [7, 11) is 0. The number of pyridine rings is 1. The van der Waals surface area contributed by atoms with Gasteiger partial charge >= 0.3 is 0 Å². The molecule has 1 atom stereocenters. The van der Waals surface area contributed by atoms with Gasteiger partial charge in [-0.2, -0.15) is 0 Å². The van der Waals surface area contributed by atoms with Crippen molar-refractivity contribution in [3.05, 3.63) is 35.9 Å². The quantitative estimate of drug-likeness (QED) is 0.817. The van der Waals surface area contributed by atoms with Crippen LogP contribution in [0.2, 0.25) is 0 Å². The number of morpholine rings is 1. The predicted molar refractivity (Wildman–Crippen MR) is 89.2 cm³/mol. The lowest BCUT2D eigenvalue weighted by molar-refractivity contribution is -0.134. The first-order valence-electron chi connectivity index (χ1n) is 7.55. The van der Waals surface area contributed by atoms with E-state index < -0.39 is 0 Å². The van der Waals surface area contributed by atoms with E-state index in [-0.39, 0.29) is 11.2 Å². The van der Waals surface area contributed by atoms with Crippen molar-refractivity contribution in [1.82, 2.24) is 9.88 Å². The molecule has 0 spiro atoms. The Kier molecular flexibility index (Phi) is 4.64. The van der Waals surface area contributed by atoms with Crippen molar-refractivity contribution in [3.8, 4) is 0 Å². The number of aryl methyl sites for hydroxylation is 1. The van der Waals surface area contributed by atoms with Gasteiger partial charge in [0.25, 0.3) is 0 Å². The van der Waals surface area contributed by atoms with E-state index in [0.29, 0.717) is 26.3 Å².